The second-order valence-electron chi connectivity index (χ2n) is 8.96. The highest BCUT2D eigenvalue weighted by molar-refractivity contribution is 5.87. The molecule has 5 nitrogen and oxygen atoms in total. The van der Waals surface area contributed by atoms with Crippen LogP contribution in [0.4, 0.5) is 0 Å². The summed E-state index contributed by atoms with van der Waals surface area (Å²) in [6.07, 6.45) is 6.13. The molecule has 1 aliphatic rings. The first kappa shape index (κ1) is 19.9. The molecule has 1 N–H and O–H groups in total. The second-order valence-corrected chi connectivity index (χ2v) is 8.96. The van der Waals surface area contributed by atoms with Crippen LogP contribution in [0.15, 0.2) is 88.3 Å². The molecule has 1 fully saturated rings. The van der Waals surface area contributed by atoms with Crippen molar-refractivity contribution in [1.29, 1.82) is 0 Å². The summed E-state index contributed by atoms with van der Waals surface area (Å²) in [6.45, 7) is 2.86. The van der Waals surface area contributed by atoms with E-state index in [1.165, 1.54) is 21.9 Å². The topological polar surface area (TPSA) is 62.1 Å². The van der Waals surface area contributed by atoms with Crippen LogP contribution in [0.3, 0.4) is 0 Å². The Morgan fingerprint density at radius 3 is 2.82 bits per heavy atom. The summed E-state index contributed by atoms with van der Waals surface area (Å²) in [5.74, 6) is -0.0419. The van der Waals surface area contributed by atoms with Gasteiger partial charge in [0.1, 0.15) is 0 Å². The van der Waals surface area contributed by atoms with Crippen LogP contribution in [0.5, 0.6) is 0 Å². The highest BCUT2D eigenvalue weighted by Crippen LogP contribution is 2.32. The van der Waals surface area contributed by atoms with Gasteiger partial charge in [-0.2, -0.15) is 0 Å². The van der Waals surface area contributed by atoms with Crippen LogP contribution in [0.2, 0.25) is 0 Å². The van der Waals surface area contributed by atoms with Gasteiger partial charge in [-0.15, -0.1) is 0 Å². The maximum atomic E-state index is 11.7. The molecule has 2 aromatic heterocycles. The van der Waals surface area contributed by atoms with Gasteiger partial charge in [0.15, 0.2) is 5.58 Å². The van der Waals surface area contributed by atoms with Crippen molar-refractivity contribution < 1.29 is 4.42 Å². The van der Waals surface area contributed by atoms with E-state index < -0.39 is 0 Å². The number of benzene rings is 3. The molecule has 5 aromatic rings. The van der Waals surface area contributed by atoms with Crippen molar-refractivity contribution >= 4 is 21.9 Å². The van der Waals surface area contributed by atoms with Crippen molar-refractivity contribution in [2.24, 2.45) is 0 Å². The number of nitrogens with zero attached hydrogens (tertiary/aromatic N) is 2. The lowest BCUT2D eigenvalue weighted by Crippen LogP contribution is -2.34. The number of H-pyrrole nitrogens is 1. The van der Waals surface area contributed by atoms with E-state index in [2.05, 4.69) is 69.5 Å². The van der Waals surface area contributed by atoms with Crippen LogP contribution in [-0.2, 0) is 6.54 Å². The third-order valence-corrected chi connectivity index (χ3v) is 6.71. The number of aromatic nitrogens is 2. The molecule has 164 valence electrons. The third-order valence-electron chi connectivity index (χ3n) is 6.71. The summed E-state index contributed by atoms with van der Waals surface area (Å²) in [5.41, 5.74) is 6.15. The molecule has 3 aromatic carbocycles. The molecule has 1 atom stereocenters. The quantitative estimate of drug-likeness (QED) is 0.392. The number of para-hydroxylation sites is 1. The number of piperidine rings is 1. The van der Waals surface area contributed by atoms with Crippen molar-refractivity contribution in [3.8, 4) is 11.1 Å². The zero-order valence-electron chi connectivity index (χ0n) is 18.3. The van der Waals surface area contributed by atoms with E-state index in [1.54, 1.807) is 0 Å². The summed E-state index contributed by atoms with van der Waals surface area (Å²) in [4.78, 5) is 21.5. The summed E-state index contributed by atoms with van der Waals surface area (Å²) in [7, 11) is 0. The predicted octanol–water partition coefficient (Wildman–Crippen LogP) is 5.72. The summed E-state index contributed by atoms with van der Waals surface area (Å²) >= 11 is 0. The molecule has 0 saturated carbocycles. The molecule has 0 amide bonds. The Morgan fingerprint density at radius 2 is 1.88 bits per heavy atom. The predicted molar refractivity (Wildman–Crippen MR) is 131 cm³/mol. The standard InChI is InChI=1S/C28H25N3O2/c32-28-30-26-9-3-8-25(27(26)33-28)23-7-4-12-31(18-23)17-19-13-24(16-29-15-19)22-11-10-20-5-1-2-6-21(20)14-22/h1-3,5-6,8-11,13-16,23H,4,7,12,17-18H2,(H,30,32). The Bertz CT molecular complexity index is 1500. The number of likely N-dealkylation sites (tertiary alicyclic amines) is 1. The Morgan fingerprint density at radius 1 is 0.970 bits per heavy atom. The van der Waals surface area contributed by atoms with Crippen molar-refractivity contribution in [2.75, 3.05) is 13.1 Å². The van der Waals surface area contributed by atoms with Crippen LogP contribution in [0, 0.1) is 0 Å². The van der Waals surface area contributed by atoms with E-state index in [9.17, 15) is 4.79 Å². The lowest BCUT2D eigenvalue weighted by Gasteiger charge is -2.33. The maximum Gasteiger partial charge on any atom is 0.417 e. The van der Waals surface area contributed by atoms with E-state index >= 15 is 0 Å². The normalized spacial score (nSPS) is 17.0. The molecule has 0 bridgehead atoms. The van der Waals surface area contributed by atoms with Crippen molar-refractivity contribution in [2.45, 2.75) is 25.3 Å². The van der Waals surface area contributed by atoms with E-state index in [-0.39, 0.29) is 5.76 Å². The second kappa shape index (κ2) is 8.34. The Kier molecular flexibility index (Phi) is 5.04. The Labute approximate surface area is 191 Å². The van der Waals surface area contributed by atoms with Crippen molar-refractivity contribution in [1.82, 2.24) is 14.9 Å². The third kappa shape index (κ3) is 3.96. The lowest BCUT2D eigenvalue weighted by atomic mass is 9.90. The Balaban J connectivity index is 1.23. The van der Waals surface area contributed by atoms with Gasteiger partial charge < -0.3 is 4.42 Å². The molecule has 3 heterocycles. The summed E-state index contributed by atoms with van der Waals surface area (Å²) in [6, 6.07) is 23.3. The van der Waals surface area contributed by atoms with Crippen LogP contribution >= 0.6 is 0 Å². The average Bonchev–Trinajstić information content (AvgIpc) is 3.24. The van der Waals surface area contributed by atoms with Gasteiger partial charge in [-0.05, 0) is 59.5 Å². The van der Waals surface area contributed by atoms with E-state index in [0.717, 1.165) is 49.1 Å². The van der Waals surface area contributed by atoms with Crippen LogP contribution in [0.1, 0.15) is 29.9 Å². The van der Waals surface area contributed by atoms with Gasteiger partial charge in [-0.25, -0.2) is 4.79 Å². The molecule has 1 unspecified atom stereocenters. The SMILES string of the molecule is O=c1[nH]c2cccc(C3CCCN(Cc4cncc(-c5ccc6ccccc6c5)c4)C3)c2o1. The zero-order chi connectivity index (χ0) is 22.2. The molecule has 0 radical (unpaired) electrons. The number of pyridine rings is 1. The Hall–Kier alpha value is -3.70. The zero-order valence-corrected chi connectivity index (χ0v) is 18.3. The molecule has 6 rings (SSSR count). The average molecular weight is 436 g/mol. The van der Waals surface area contributed by atoms with Gasteiger partial charge in [0.2, 0.25) is 0 Å². The number of oxazole rings is 1. The highest BCUT2D eigenvalue weighted by Gasteiger charge is 2.24. The number of fused-ring (bicyclic) bond motifs is 2. The van der Waals surface area contributed by atoms with Gasteiger partial charge in [0.05, 0.1) is 5.52 Å². The minimum atomic E-state index is -0.387. The maximum absolute atomic E-state index is 11.7. The first-order chi connectivity index (χ1) is 16.2. The molecule has 0 spiro atoms. The molecule has 1 aliphatic heterocycles. The fourth-order valence-electron chi connectivity index (χ4n) is 5.13. The number of rotatable bonds is 4. The summed E-state index contributed by atoms with van der Waals surface area (Å²) < 4.78 is 5.46. The smallest absolute Gasteiger partial charge is 0.408 e. The van der Waals surface area contributed by atoms with Gasteiger partial charge in [0.25, 0.3) is 0 Å². The number of aromatic amines is 1. The number of nitrogens with one attached hydrogen (secondary N) is 1. The fraction of sp³-hybridized carbons (Fsp3) is 0.214. The monoisotopic (exact) mass is 435 g/mol. The van der Waals surface area contributed by atoms with E-state index in [4.69, 9.17) is 4.42 Å². The van der Waals surface area contributed by atoms with Gasteiger partial charge >= 0.3 is 5.76 Å². The largest absolute Gasteiger partial charge is 0.417 e. The van der Waals surface area contributed by atoms with E-state index in [0.29, 0.717) is 11.5 Å². The number of hydrogen-bond acceptors (Lipinski definition) is 4. The summed E-state index contributed by atoms with van der Waals surface area (Å²) in [5, 5.41) is 2.49. The molecule has 0 aliphatic carbocycles. The van der Waals surface area contributed by atoms with Gasteiger partial charge in [-0.3, -0.25) is 14.9 Å². The molecule has 33 heavy (non-hydrogen) atoms. The minimum absolute atomic E-state index is 0.345. The number of hydrogen-bond donors (Lipinski definition) is 1. The van der Waals surface area contributed by atoms with Crippen LogP contribution in [0.25, 0.3) is 33.0 Å². The molecule has 5 heteroatoms. The molecular weight excluding hydrogens is 410 g/mol. The first-order valence-electron chi connectivity index (χ1n) is 11.5. The minimum Gasteiger partial charge on any atom is -0.408 e. The van der Waals surface area contributed by atoms with Crippen LogP contribution < -0.4 is 5.76 Å². The fourth-order valence-corrected chi connectivity index (χ4v) is 5.13. The lowest BCUT2D eigenvalue weighted by molar-refractivity contribution is 0.200. The highest BCUT2D eigenvalue weighted by atomic mass is 16.4. The van der Waals surface area contributed by atoms with Crippen molar-refractivity contribution in [3.63, 3.8) is 0 Å². The van der Waals surface area contributed by atoms with E-state index in [1.807, 2.05) is 24.5 Å². The van der Waals surface area contributed by atoms with Gasteiger partial charge in [-0.1, -0.05) is 48.5 Å². The molecular formula is C28H25N3O2. The van der Waals surface area contributed by atoms with Crippen LogP contribution in [-0.4, -0.2) is 28.0 Å². The van der Waals surface area contributed by atoms with Crippen molar-refractivity contribution in [3.05, 3.63) is 101 Å². The van der Waals surface area contributed by atoms with Gasteiger partial charge in [0, 0.05) is 42.5 Å². The first-order valence-corrected chi connectivity index (χ1v) is 11.5. The molecule has 1 saturated heterocycles.